The standard InChI is InChI=1S/C17H34N4/c18-17-5-11-20(12-6-17)14-13-19-9-3-16(4-10-19)15-21-7-1-2-8-21/h16-17H,1-15,18H2. The van der Waals surface area contributed by atoms with Gasteiger partial charge in [0.1, 0.15) is 0 Å². The van der Waals surface area contributed by atoms with Gasteiger partial charge in [-0.05, 0) is 83.7 Å². The highest BCUT2D eigenvalue weighted by molar-refractivity contribution is 4.79. The van der Waals surface area contributed by atoms with Gasteiger partial charge in [-0.15, -0.1) is 0 Å². The van der Waals surface area contributed by atoms with Gasteiger partial charge in [-0.3, -0.25) is 0 Å². The first-order valence-corrected chi connectivity index (χ1v) is 9.22. The lowest BCUT2D eigenvalue weighted by Crippen LogP contribution is -2.45. The van der Waals surface area contributed by atoms with Crippen molar-refractivity contribution in [2.75, 3.05) is 58.9 Å². The van der Waals surface area contributed by atoms with Crippen LogP contribution in [-0.2, 0) is 0 Å². The Morgan fingerprint density at radius 1 is 0.667 bits per heavy atom. The van der Waals surface area contributed by atoms with E-state index < -0.39 is 0 Å². The monoisotopic (exact) mass is 294 g/mol. The number of piperidine rings is 2. The van der Waals surface area contributed by atoms with Gasteiger partial charge in [0.05, 0.1) is 0 Å². The second-order valence-corrected chi connectivity index (χ2v) is 7.47. The van der Waals surface area contributed by atoms with Crippen LogP contribution in [0.25, 0.3) is 0 Å². The molecule has 2 N–H and O–H groups in total. The number of likely N-dealkylation sites (tertiary alicyclic amines) is 3. The summed E-state index contributed by atoms with van der Waals surface area (Å²) in [6, 6.07) is 0.461. The van der Waals surface area contributed by atoms with Crippen LogP contribution in [0.4, 0.5) is 0 Å². The fraction of sp³-hybridized carbons (Fsp3) is 1.00. The van der Waals surface area contributed by atoms with Crippen molar-refractivity contribution in [1.29, 1.82) is 0 Å². The second-order valence-electron chi connectivity index (χ2n) is 7.47. The van der Waals surface area contributed by atoms with Gasteiger partial charge in [0.15, 0.2) is 0 Å². The number of nitrogens with zero attached hydrogens (tertiary/aromatic N) is 3. The lowest BCUT2D eigenvalue weighted by molar-refractivity contribution is 0.128. The van der Waals surface area contributed by atoms with Crippen LogP contribution >= 0.6 is 0 Å². The third-order valence-electron chi connectivity index (χ3n) is 5.79. The highest BCUT2D eigenvalue weighted by Crippen LogP contribution is 2.20. The van der Waals surface area contributed by atoms with Gasteiger partial charge in [0.2, 0.25) is 0 Å². The highest BCUT2D eigenvalue weighted by atomic mass is 15.2. The molecule has 0 unspecified atom stereocenters. The lowest BCUT2D eigenvalue weighted by Gasteiger charge is -2.36. The summed E-state index contributed by atoms with van der Waals surface area (Å²) in [5.41, 5.74) is 5.98. The third kappa shape index (κ3) is 4.92. The Morgan fingerprint density at radius 3 is 1.76 bits per heavy atom. The van der Waals surface area contributed by atoms with Gasteiger partial charge < -0.3 is 20.4 Å². The molecule has 3 saturated heterocycles. The van der Waals surface area contributed by atoms with E-state index in [2.05, 4.69) is 14.7 Å². The van der Waals surface area contributed by atoms with E-state index in [1.165, 1.54) is 97.4 Å². The molecule has 0 aromatic heterocycles. The molecule has 3 rings (SSSR count). The van der Waals surface area contributed by atoms with Crippen molar-refractivity contribution in [3.05, 3.63) is 0 Å². The zero-order valence-electron chi connectivity index (χ0n) is 13.7. The van der Waals surface area contributed by atoms with Crippen LogP contribution < -0.4 is 5.73 Å². The van der Waals surface area contributed by atoms with Crippen LogP contribution in [0.2, 0.25) is 0 Å². The molecule has 0 radical (unpaired) electrons. The summed E-state index contributed by atoms with van der Waals surface area (Å²) in [5, 5.41) is 0. The molecule has 3 aliphatic heterocycles. The first-order chi connectivity index (χ1) is 10.3. The molecule has 0 aliphatic carbocycles. The molecule has 0 spiro atoms. The van der Waals surface area contributed by atoms with Gasteiger partial charge in [-0.2, -0.15) is 0 Å². The molecule has 122 valence electrons. The Labute approximate surface area is 130 Å². The Bertz CT molecular complexity index is 287. The van der Waals surface area contributed by atoms with Crippen molar-refractivity contribution >= 4 is 0 Å². The van der Waals surface area contributed by atoms with Crippen molar-refractivity contribution in [3.63, 3.8) is 0 Å². The van der Waals surface area contributed by atoms with E-state index in [1.54, 1.807) is 0 Å². The van der Waals surface area contributed by atoms with Crippen LogP contribution in [0.15, 0.2) is 0 Å². The average Bonchev–Trinajstić information content (AvgIpc) is 3.01. The maximum atomic E-state index is 5.98. The van der Waals surface area contributed by atoms with Crippen molar-refractivity contribution in [2.45, 2.75) is 44.6 Å². The SMILES string of the molecule is NC1CCN(CCN2CCC(CN3CCCC3)CC2)CC1. The molecule has 4 nitrogen and oxygen atoms in total. The summed E-state index contributed by atoms with van der Waals surface area (Å²) in [4.78, 5) is 7.99. The minimum Gasteiger partial charge on any atom is -0.328 e. The Balaban J connectivity index is 1.28. The molecule has 0 amide bonds. The second kappa shape index (κ2) is 7.91. The van der Waals surface area contributed by atoms with E-state index in [1.807, 2.05) is 0 Å². The fourth-order valence-electron chi connectivity index (χ4n) is 4.18. The van der Waals surface area contributed by atoms with E-state index in [0.29, 0.717) is 6.04 Å². The average molecular weight is 294 g/mol. The lowest BCUT2D eigenvalue weighted by atomic mass is 9.96. The molecule has 3 aliphatic rings. The van der Waals surface area contributed by atoms with Crippen LogP contribution in [0.1, 0.15) is 38.5 Å². The molecule has 0 bridgehead atoms. The van der Waals surface area contributed by atoms with Crippen molar-refractivity contribution in [1.82, 2.24) is 14.7 Å². The normalized spacial score (nSPS) is 28.4. The first kappa shape index (κ1) is 15.7. The largest absolute Gasteiger partial charge is 0.328 e. The first-order valence-electron chi connectivity index (χ1n) is 9.22. The molecule has 3 fully saturated rings. The molecule has 0 aromatic rings. The van der Waals surface area contributed by atoms with Gasteiger partial charge in [-0.1, -0.05) is 0 Å². The fourth-order valence-corrected chi connectivity index (χ4v) is 4.18. The molecule has 4 heteroatoms. The third-order valence-corrected chi connectivity index (χ3v) is 5.79. The zero-order chi connectivity index (χ0) is 14.5. The topological polar surface area (TPSA) is 35.7 Å². The smallest absolute Gasteiger partial charge is 0.0109 e. The summed E-state index contributed by atoms with van der Waals surface area (Å²) in [6.07, 6.45) is 8.08. The quantitative estimate of drug-likeness (QED) is 0.827. The van der Waals surface area contributed by atoms with E-state index >= 15 is 0 Å². The van der Waals surface area contributed by atoms with Gasteiger partial charge in [0, 0.05) is 25.7 Å². The Kier molecular flexibility index (Phi) is 5.92. The van der Waals surface area contributed by atoms with Crippen molar-refractivity contribution < 1.29 is 0 Å². The molecular weight excluding hydrogens is 260 g/mol. The van der Waals surface area contributed by atoms with E-state index in [9.17, 15) is 0 Å². The molecule has 0 atom stereocenters. The van der Waals surface area contributed by atoms with E-state index in [4.69, 9.17) is 5.73 Å². The molecule has 0 aromatic carbocycles. The predicted molar refractivity (Wildman–Crippen MR) is 88.5 cm³/mol. The number of hydrogen-bond donors (Lipinski definition) is 1. The zero-order valence-corrected chi connectivity index (χ0v) is 13.7. The summed E-state index contributed by atoms with van der Waals surface area (Å²) in [6.45, 7) is 11.7. The summed E-state index contributed by atoms with van der Waals surface area (Å²) in [7, 11) is 0. The number of nitrogens with two attached hydrogens (primary N) is 1. The molecule has 0 saturated carbocycles. The molecule has 3 heterocycles. The molecular formula is C17H34N4. The summed E-state index contributed by atoms with van der Waals surface area (Å²) >= 11 is 0. The van der Waals surface area contributed by atoms with Crippen LogP contribution in [-0.4, -0.2) is 79.6 Å². The van der Waals surface area contributed by atoms with Crippen molar-refractivity contribution in [2.24, 2.45) is 11.7 Å². The van der Waals surface area contributed by atoms with E-state index in [0.717, 1.165) is 5.92 Å². The number of hydrogen-bond acceptors (Lipinski definition) is 4. The maximum Gasteiger partial charge on any atom is 0.0109 e. The number of rotatable bonds is 5. The van der Waals surface area contributed by atoms with Crippen molar-refractivity contribution in [3.8, 4) is 0 Å². The summed E-state index contributed by atoms with van der Waals surface area (Å²) < 4.78 is 0. The minimum absolute atomic E-state index is 0.461. The van der Waals surface area contributed by atoms with Gasteiger partial charge >= 0.3 is 0 Å². The summed E-state index contributed by atoms with van der Waals surface area (Å²) in [5.74, 6) is 0.965. The maximum absolute atomic E-state index is 5.98. The minimum atomic E-state index is 0.461. The molecule has 21 heavy (non-hydrogen) atoms. The van der Waals surface area contributed by atoms with Crippen LogP contribution in [0.3, 0.4) is 0 Å². The predicted octanol–water partition coefficient (Wildman–Crippen LogP) is 1.22. The van der Waals surface area contributed by atoms with Crippen LogP contribution in [0.5, 0.6) is 0 Å². The Morgan fingerprint density at radius 2 is 1.19 bits per heavy atom. The van der Waals surface area contributed by atoms with E-state index in [-0.39, 0.29) is 0 Å². The Hall–Kier alpha value is -0.160. The van der Waals surface area contributed by atoms with Gasteiger partial charge in [-0.25, -0.2) is 0 Å². The van der Waals surface area contributed by atoms with Crippen LogP contribution in [0, 0.1) is 5.92 Å². The highest BCUT2D eigenvalue weighted by Gasteiger charge is 2.23. The van der Waals surface area contributed by atoms with Gasteiger partial charge in [0.25, 0.3) is 0 Å².